The molecule has 0 aromatic heterocycles. The molecule has 1 amide bonds. The number of aliphatic hydroxyl groups excluding tert-OH is 1. The summed E-state index contributed by atoms with van der Waals surface area (Å²) >= 11 is 0. The van der Waals surface area contributed by atoms with E-state index in [1.807, 2.05) is 6.92 Å². The van der Waals surface area contributed by atoms with Crippen molar-refractivity contribution in [3.05, 3.63) is 0 Å². The molecule has 0 aromatic carbocycles. The third-order valence-electron chi connectivity index (χ3n) is 2.15. The maximum absolute atomic E-state index is 11.6. The maximum atomic E-state index is 11.6. The summed E-state index contributed by atoms with van der Waals surface area (Å²) in [7, 11) is 0. The molecular formula is C11H21NO5. The van der Waals surface area contributed by atoms with Gasteiger partial charge < -0.3 is 19.8 Å². The van der Waals surface area contributed by atoms with E-state index in [4.69, 9.17) is 14.9 Å². The Hall–Kier alpha value is -1.14. The molecule has 0 atom stereocenters. The van der Waals surface area contributed by atoms with Crippen LogP contribution in [0.4, 0.5) is 0 Å². The largest absolute Gasteiger partial charge is 0.481 e. The highest BCUT2D eigenvalue weighted by Gasteiger charge is 2.13. The number of aliphatic carboxylic acids is 1. The minimum Gasteiger partial charge on any atom is -0.481 e. The van der Waals surface area contributed by atoms with Crippen LogP contribution in [0, 0.1) is 0 Å². The number of hydrogen-bond acceptors (Lipinski definition) is 4. The molecule has 6 nitrogen and oxygen atoms in total. The highest BCUT2D eigenvalue weighted by Crippen LogP contribution is 1.99. The summed E-state index contributed by atoms with van der Waals surface area (Å²) in [6, 6.07) is 0. The number of nitrogens with zero attached hydrogens (tertiary/aromatic N) is 1. The Morgan fingerprint density at radius 2 is 1.88 bits per heavy atom. The van der Waals surface area contributed by atoms with Gasteiger partial charge in [-0.2, -0.15) is 0 Å². The van der Waals surface area contributed by atoms with Crippen LogP contribution in [0.2, 0.25) is 0 Å². The third kappa shape index (κ3) is 8.65. The Morgan fingerprint density at radius 1 is 1.18 bits per heavy atom. The van der Waals surface area contributed by atoms with Crippen LogP contribution in [0.1, 0.15) is 26.2 Å². The second-order valence-corrected chi connectivity index (χ2v) is 3.61. The number of aliphatic hydroxyl groups is 1. The van der Waals surface area contributed by atoms with Crippen LogP contribution in [-0.2, 0) is 14.3 Å². The number of hydrogen-bond donors (Lipinski definition) is 2. The van der Waals surface area contributed by atoms with Gasteiger partial charge in [0.25, 0.3) is 0 Å². The summed E-state index contributed by atoms with van der Waals surface area (Å²) in [5.74, 6) is -0.975. The van der Waals surface area contributed by atoms with Gasteiger partial charge in [-0.15, -0.1) is 0 Å². The van der Waals surface area contributed by atoms with Crippen LogP contribution < -0.4 is 0 Å². The SMILES string of the molecule is CCCC(=O)N(CCOCCO)CCC(=O)O. The fourth-order valence-corrected chi connectivity index (χ4v) is 1.31. The summed E-state index contributed by atoms with van der Waals surface area (Å²) in [6.07, 6.45) is 1.09. The third-order valence-corrected chi connectivity index (χ3v) is 2.15. The Kier molecular flexibility index (Phi) is 9.37. The molecule has 6 heteroatoms. The van der Waals surface area contributed by atoms with Gasteiger partial charge in [0, 0.05) is 19.5 Å². The first kappa shape index (κ1) is 15.9. The number of amides is 1. The second kappa shape index (κ2) is 10.0. The van der Waals surface area contributed by atoms with Crippen molar-refractivity contribution in [3.8, 4) is 0 Å². The molecule has 0 spiro atoms. The predicted octanol–water partition coefficient (Wildman–Crippen LogP) is 0.0987. The van der Waals surface area contributed by atoms with Crippen molar-refractivity contribution in [1.82, 2.24) is 4.90 Å². The van der Waals surface area contributed by atoms with Crippen LogP contribution in [0.5, 0.6) is 0 Å². The smallest absolute Gasteiger partial charge is 0.305 e. The van der Waals surface area contributed by atoms with Gasteiger partial charge in [-0.3, -0.25) is 9.59 Å². The van der Waals surface area contributed by atoms with Gasteiger partial charge in [0.05, 0.1) is 26.2 Å². The Morgan fingerprint density at radius 3 is 2.41 bits per heavy atom. The van der Waals surface area contributed by atoms with Crippen molar-refractivity contribution in [3.63, 3.8) is 0 Å². The van der Waals surface area contributed by atoms with Crippen molar-refractivity contribution in [2.24, 2.45) is 0 Å². The van der Waals surface area contributed by atoms with E-state index in [1.54, 1.807) is 0 Å². The minimum atomic E-state index is -0.921. The van der Waals surface area contributed by atoms with Crippen LogP contribution in [0.25, 0.3) is 0 Å². The van der Waals surface area contributed by atoms with Gasteiger partial charge in [0.2, 0.25) is 5.91 Å². The summed E-state index contributed by atoms with van der Waals surface area (Å²) in [6.45, 7) is 2.96. The van der Waals surface area contributed by atoms with Crippen molar-refractivity contribution in [1.29, 1.82) is 0 Å². The van der Waals surface area contributed by atoms with Gasteiger partial charge in [-0.1, -0.05) is 6.92 Å². The van der Waals surface area contributed by atoms with E-state index in [-0.39, 0.29) is 32.1 Å². The highest BCUT2D eigenvalue weighted by molar-refractivity contribution is 5.77. The quantitative estimate of drug-likeness (QED) is 0.535. The Labute approximate surface area is 101 Å². The molecule has 0 aromatic rings. The number of carbonyl (C=O) groups excluding carboxylic acids is 1. The summed E-state index contributed by atoms with van der Waals surface area (Å²) in [5.41, 5.74) is 0. The monoisotopic (exact) mass is 247 g/mol. The predicted molar refractivity (Wildman–Crippen MR) is 61.6 cm³/mol. The number of carbonyl (C=O) groups is 2. The average Bonchev–Trinajstić information content (AvgIpc) is 2.28. The molecule has 0 aliphatic carbocycles. The van der Waals surface area contributed by atoms with Crippen LogP contribution in [0.3, 0.4) is 0 Å². The van der Waals surface area contributed by atoms with E-state index in [1.165, 1.54) is 4.90 Å². The summed E-state index contributed by atoms with van der Waals surface area (Å²) in [5, 5.41) is 17.1. The average molecular weight is 247 g/mol. The summed E-state index contributed by atoms with van der Waals surface area (Å²) in [4.78, 5) is 23.6. The number of rotatable bonds is 10. The fraction of sp³-hybridized carbons (Fsp3) is 0.818. The van der Waals surface area contributed by atoms with Crippen molar-refractivity contribution >= 4 is 11.9 Å². The van der Waals surface area contributed by atoms with E-state index in [0.29, 0.717) is 19.6 Å². The molecule has 100 valence electrons. The minimum absolute atomic E-state index is 0.0543. The van der Waals surface area contributed by atoms with E-state index in [2.05, 4.69) is 0 Å². The van der Waals surface area contributed by atoms with Gasteiger partial charge in [-0.25, -0.2) is 0 Å². The van der Waals surface area contributed by atoms with Gasteiger partial charge in [0.15, 0.2) is 0 Å². The summed E-state index contributed by atoms with van der Waals surface area (Å²) < 4.78 is 5.06. The first-order valence-corrected chi connectivity index (χ1v) is 5.80. The molecule has 2 N–H and O–H groups in total. The second-order valence-electron chi connectivity index (χ2n) is 3.61. The molecule has 0 fully saturated rings. The zero-order valence-corrected chi connectivity index (χ0v) is 10.2. The van der Waals surface area contributed by atoms with Gasteiger partial charge in [0.1, 0.15) is 0 Å². The Balaban J connectivity index is 4.00. The number of carboxylic acid groups (broad SMARTS) is 1. The normalized spacial score (nSPS) is 10.2. The maximum Gasteiger partial charge on any atom is 0.305 e. The highest BCUT2D eigenvalue weighted by atomic mass is 16.5. The lowest BCUT2D eigenvalue weighted by molar-refractivity contribution is -0.138. The first-order valence-electron chi connectivity index (χ1n) is 5.80. The number of ether oxygens (including phenoxy) is 1. The lowest BCUT2D eigenvalue weighted by atomic mass is 10.3. The van der Waals surface area contributed by atoms with E-state index >= 15 is 0 Å². The topological polar surface area (TPSA) is 87.1 Å². The lowest BCUT2D eigenvalue weighted by Crippen LogP contribution is -2.35. The van der Waals surface area contributed by atoms with Gasteiger partial charge >= 0.3 is 5.97 Å². The van der Waals surface area contributed by atoms with Gasteiger partial charge in [-0.05, 0) is 6.42 Å². The molecule has 0 radical (unpaired) electrons. The molecule has 0 aliphatic rings. The van der Waals surface area contributed by atoms with E-state index < -0.39 is 5.97 Å². The molecule has 0 bridgehead atoms. The molecule has 0 saturated carbocycles. The zero-order chi connectivity index (χ0) is 13.1. The van der Waals surface area contributed by atoms with E-state index in [9.17, 15) is 9.59 Å². The van der Waals surface area contributed by atoms with Crippen molar-refractivity contribution in [2.45, 2.75) is 26.2 Å². The van der Waals surface area contributed by atoms with E-state index in [0.717, 1.165) is 6.42 Å². The molecular weight excluding hydrogens is 226 g/mol. The first-order chi connectivity index (χ1) is 8.11. The molecule has 0 heterocycles. The molecule has 17 heavy (non-hydrogen) atoms. The molecule has 0 unspecified atom stereocenters. The fourth-order valence-electron chi connectivity index (χ4n) is 1.31. The molecule has 0 rings (SSSR count). The van der Waals surface area contributed by atoms with Crippen LogP contribution in [0.15, 0.2) is 0 Å². The molecule has 0 aliphatic heterocycles. The zero-order valence-electron chi connectivity index (χ0n) is 10.2. The molecule has 0 saturated heterocycles. The van der Waals surface area contributed by atoms with Crippen LogP contribution >= 0.6 is 0 Å². The number of carboxylic acids is 1. The van der Waals surface area contributed by atoms with Crippen molar-refractivity contribution < 1.29 is 24.5 Å². The Bertz CT molecular complexity index is 232. The standard InChI is InChI=1S/C11H21NO5/c1-2-3-10(14)12(5-4-11(15)16)6-8-17-9-7-13/h13H,2-9H2,1H3,(H,15,16). The van der Waals surface area contributed by atoms with Crippen LogP contribution in [-0.4, -0.2) is 59.9 Å². The lowest BCUT2D eigenvalue weighted by Gasteiger charge is -2.21. The van der Waals surface area contributed by atoms with Crippen molar-refractivity contribution in [2.75, 3.05) is 32.9 Å².